The summed E-state index contributed by atoms with van der Waals surface area (Å²) in [6.07, 6.45) is 7.27. The smallest absolute Gasteiger partial charge is 0.145 e. The molecule has 5 heteroatoms. The number of piperidine rings is 1. The SMILES string of the molecule is COCCC1COC2(CCN(Cc3ccncc3F)CC2)C1. The lowest BCUT2D eigenvalue weighted by Crippen LogP contribution is -2.43. The highest BCUT2D eigenvalue weighted by molar-refractivity contribution is 5.12. The fourth-order valence-corrected chi connectivity index (χ4v) is 3.65. The second-order valence-electron chi connectivity index (χ2n) is 6.59. The first kappa shape index (κ1) is 15.8. The van der Waals surface area contributed by atoms with Crippen molar-refractivity contribution in [1.29, 1.82) is 0 Å². The van der Waals surface area contributed by atoms with Crippen LogP contribution in [0.5, 0.6) is 0 Å². The van der Waals surface area contributed by atoms with Crippen molar-refractivity contribution in [1.82, 2.24) is 9.88 Å². The van der Waals surface area contributed by atoms with E-state index >= 15 is 0 Å². The highest BCUT2D eigenvalue weighted by Crippen LogP contribution is 2.39. The van der Waals surface area contributed by atoms with E-state index in [-0.39, 0.29) is 11.4 Å². The van der Waals surface area contributed by atoms with Gasteiger partial charge >= 0.3 is 0 Å². The molecule has 1 aromatic rings. The fourth-order valence-electron chi connectivity index (χ4n) is 3.65. The van der Waals surface area contributed by atoms with Gasteiger partial charge in [-0.3, -0.25) is 9.88 Å². The van der Waals surface area contributed by atoms with Crippen molar-refractivity contribution in [3.05, 3.63) is 29.8 Å². The van der Waals surface area contributed by atoms with Gasteiger partial charge in [-0.1, -0.05) is 0 Å². The first-order valence-corrected chi connectivity index (χ1v) is 8.14. The Hall–Kier alpha value is -1.04. The molecular formula is C17H25FN2O2. The van der Waals surface area contributed by atoms with Gasteiger partial charge < -0.3 is 9.47 Å². The molecule has 122 valence electrons. The highest BCUT2D eigenvalue weighted by atomic mass is 19.1. The van der Waals surface area contributed by atoms with Crippen LogP contribution in [0.4, 0.5) is 4.39 Å². The molecule has 0 amide bonds. The summed E-state index contributed by atoms with van der Waals surface area (Å²) in [5.74, 6) is 0.420. The van der Waals surface area contributed by atoms with Crippen molar-refractivity contribution in [2.24, 2.45) is 5.92 Å². The van der Waals surface area contributed by atoms with E-state index in [2.05, 4.69) is 9.88 Å². The quantitative estimate of drug-likeness (QED) is 0.837. The Labute approximate surface area is 131 Å². The molecule has 2 aliphatic heterocycles. The Morgan fingerprint density at radius 1 is 1.45 bits per heavy atom. The number of hydrogen-bond donors (Lipinski definition) is 0. The molecule has 1 spiro atoms. The van der Waals surface area contributed by atoms with Gasteiger partial charge in [0.15, 0.2) is 0 Å². The largest absolute Gasteiger partial charge is 0.385 e. The maximum absolute atomic E-state index is 13.7. The van der Waals surface area contributed by atoms with Gasteiger partial charge in [-0.05, 0) is 37.7 Å². The number of ether oxygens (including phenoxy) is 2. The lowest BCUT2D eigenvalue weighted by Gasteiger charge is -2.38. The minimum absolute atomic E-state index is 0.0612. The molecular weight excluding hydrogens is 283 g/mol. The third-order valence-corrected chi connectivity index (χ3v) is 5.03. The van der Waals surface area contributed by atoms with E-state index in [0.717, 1.165) is 57.6 Å². The van der Waals surface area contributed by atoms with Crippen molar-refractivity contribution in [2.45, 2.75) is 37.8 Å². The summed E-state index contributed by atoms with van der Waals surface area (Å²) in [6.45, 7) is 4.29. The molecule has 3 heterocycles. The van der Waals surface area contributed by atoms with Crippen molar-refractivity contribution < 1.29 is 13.9 Å². The molecule has 4 nitrogen and oxygen atoms in total. The van der Waals surface area contributed by atoms with Crippen LogP contribution in [0.1, 0.15) is 31.2 Å². The van der Waals surface area contributed by atoms with Crippen molar-refractivity contribution in [3.63, 3.8) is 0 Å². The first-order chi connectivity index (χ1) is 10.7. The molecule has 22 heavy (non-hydrogen) atoms. The number of halogens is 1. The van der Waals surface area contributed by atoms with Gasteiger partial charge in [-0.2, -0.15) is 0 Å². The molecule has 1 atom stereocenters. The average Bonchev–Trinajstić information content (AvgIpc) is 2.93. The molecule has 0 aliphatic carbocycles. The number of rotatable bonds is 5. The fraction of sp³-hybridized carbons (Fsp3) is 0.706. The Bertz CT molecular complexity index is 489. The monoisotopic (exact) mass is 308 g/mol. The van der Waals surface area contributed by atoms with Crippen molar-refractivity contribution in [3.8, 4) is 0 Å². The second-order valence-corrected chi connectivity index (χ2v) is 6.59. The molecule has 0 radical (unpaired) electrons. The van der Waals surface area contributed by atoms with Crippen molar-refractivity contribution in [2.75, 3.05) is 33.4 Å². The number of likely N-dealkylation sites (tertiary alicyclic amines) is 1. The Morgan fingerprint density at radius 3 is 3.00 bits per heavy atom. The molecule has 3 rings (SSSR count). The summed E-state index contributed by atoms with van der Waals surface area (Å²) in [7, 11) is 1.75. The second kappa shape index (κ2) is 7.02. The Balaban J connectivity index is 1.50. The molecule has 2 aliphatic rings. The number of methoxy groups -OCH3 is 1. The van der Waals surface area contributed by atoms with Gasteiger partial charge in [0.25, 0.3) is 0 Å². The number of nitrogens with zero attached hydrogens (tertiary/aromatic N) is 2. The number of aromatic nitrogens is 1. The maximum atomic E-state index is 13.7. The average molecular weight is 308 g/mol. The van der Waals surface area contributed by atoms with Gasteiger partial charge in [0.05, 0.1) is 18.4 Å². The van der Waals surface area contributed by atoms with Crippen LogP contribution in [-0.4, -0.2) is 48.9 Å². The lowest BCUT2D eigenvalue weighted by atomic mass is 9.84. The van der Waals surface area contributed by atoms with E-state index in [4.69, 9.17) is 9.47 Å². The van der Waals surface area contributed by atoms with Crippen LogP contribution in [-0.2, 0) is 16.0 Å². The van der Waals surface area contributed by atoms with E-state index < -0.39 is 0 Å². The van der Waals surface area contributed by atoms with Gasteiger partial charge in [0.1, 0.15) is 5.82 Å². The van der Waals surface area contributed by atoms with Crippen LogP contribution < -0.4 is 0 Å². The molecule has 0 bridgehead atoms. The highest BCUT2D eigenvalue weighted by Gasteiger charge is 2.42. The van der Waals surface area contributed by atoms with Gasteiger partial charge in [0.2, 0.25) is 0 Å². The molecule has 2 saturated heterocycles. The van der Waals surface area contributed by atoms with Crippen molar-refractivity contribution >= 4 is 0 Å². The standard InChI is InChI=1S/C17H25FN2O2/c1-21-9-3-14-10-17(22-13-14)4-7-20(8-5-17)12-15-2-6-19-11-16(15)18/h2,6,11,14H,3-5,7-10,12-13H2,1H3. The number of pyridine rings is 1. The predicted molar refractivity (Wildman–Crippen MR) is 82.0 cm³/mol. The zero-order valence-corrected chi connectivity index (χ0v) is 13.3. The summed E-state index contributed by atoms with van der Waals surface area (Å²) >= 11 is 0. The lowest BCUT2D eigenvalue weighted by molar-refractivity contribution is -0.0452. The molecule has 2 fully saturated rings. The van der Waals surface area contributed by atoms with Crippen LogP contribution in [0, 0.1) is 11.7 Å². The molecule has 1 aromatic heterocycles. The summed E-state index contributed by atoms with van der Waals surface area (Å²) in [4.78, 5) is 6.12. The third-order valence-electron chi connectivity index (χ3n) is 5.03. The zero-order chi connectivity index (χ0) is 15.4. The van der Waals surface area contributed by atoms with E-state index in [1.165, 1.54) is 6.20 Å². The maximum Gasteiger partial charge on any atom is 0.145 e. The van der Waals surface area contributed by atoms with E-state index in [1.807, 2.05) is 0 Å². The third kappa shape index (κ3) is 3.65. The summed E-state index contributed by atoms with van der Waals surface area (Å²) in [5.41, 5.74) is 0.794. The molecule has 1 unspecified atom stereocenters. The molecule has 0 N–H and O–H groups in total. The van der Waals surface area contributed by atoms with Crippen LogP contribution >= 0.6 is 0 Å². The van der Waals surface area contributed by atoms with E-state index in [1.54, 1.807) is 19.4 Å². The molecule has 0 saturated carbocycles. The van der Waals surface area contributed by atoms with E-state index in [0.29, 0.717) is 12.5 Å². The van der Waals surface area contributed by atoms with Gasteiger partial charge in [-0.25, -0.2) is 4.39 Å². The van der Waals surface area contributed by atoms with Crippen LogP contribution in [0.15, 0.2) is 18.5 Å². The van der Waals surface area contributed by atoms with Crippen LogP contribution in [0.25, 0.3) is 0 Å². The summed E-state index contributed by atoms with van der Waals surface area (Å²) < 4.78 is 25.0. The minimum Gasteiger partial charge on any atom is -0.385 e. The topological polar surface area (TPSA) is 34.6 Å². The van der Waals surface area contributed by atoms with E-state index in [9.17, 15) is 4.39 Å². The van der Waals surface area contributed by atoms with Gasteiger partial charge in [-0.15, -0.1) is 0 Å². The molecule has 0 aromatic carbocycles. The van der Waals surface area contributed by atoms with Gasteiger partial charge in [0, 0.05) is 45.1 Å². The zero-order valence-electron chi connectivity index (χ0n) is 13.3. The summed E-state index contributed by atoms with van der Waals surface area (Å²) in [6, 6.07) is 1.77. The predicted octanol–water partition coefficient (Wildman–Crippen LogP) is 2.63. The normalized spacial score (nSPS) is 24.9. The van der Waals surface area contributed by atoms with Crippen LogP contribution in [0.2, 0.25) is 0 Å². The minimum atomic E-state index is -0.209. The summed E-state index contributed by atoms with van der Waals surface area (Å²) in [5, 5.41) is 0. The number of hydrogen-bond acceptors (Lipinski definition) is 4. The Kier molecular flexibility index (Phi) is 5.06. The van der Waals surface area contributed by atoms with Crippen LogP contribution in [0.3, 0.4) is 0 Å². The Morgan fingerprint density at radius 2 is 2.27 bits per heavy atom. The first-order valence-electron chi connectivity index (χ1n) is 8.14.